The Kier molecular flexibility index (Phi) is 4.40. The van der Waals surface area contributed by atoms with Crippen LogP contribution in [0.25, 0.3) is 16.7 Å². The van der Waals surface area contributed by atoms with Gasteiger partial charge in [-0.3, -0.25) is 14.2 Å². The van der Waals surface area contributed by atoms with Crippen molar-refractivity contribution in [2.75, 3.05) is 5.32 Å². The van der Waals surface area contributed by atoms with Gasteiger partial charge in [0.15, 0.2) is 0 Å². The van der Waals surface area contributed by atoms with E-state index in [0.717, 1.165) is 0 Å². The van der Waals surface area contributed by atoms with Crippen LogP contribution in [0.2, 0.25) is 0 Å². The van der Waals surface area contributed by atoms with Crippen LogP contribution in [0.15, 0.2) is 66.1 Å². The van der Waals surface area contributed by atoms with Crippen LogP contribution in [0, 0.1) is 0 Å². The van der Waals surface area contributed by atoms with Gasteiger partial charge < -0.3 is 5.32 Å². The van der Waals surface area contributed by atoms with Crippen molar-refractivity contribution in [3.05, 3.63) is 71.7 Å². The molecule has 0 fully saturated rings. The molecule has 0 radical (unpaired) electrons. The molecule has 1 N–H and O–H groups in total. The van der Waals surface area contributed by atoms with Crippen LogP contribution >= 0.6 is 0 Å². The molecule has 1 aromatic carbocycles. The average molecular weight is 361 g/mol. The third kappa shape index (κ3) is 3.56. The molecule has 0 atom stereocenters. The third-order valence-corrected chi connectivity index (χ3v) is 3.98. The first kappa shape index (κ1) is 16.6. The van der Waals surface area contributed by atoms with Gasteiger partial charge in [-0.1, -0.05) is 17.3 Å². The molecule has 0 aliphatic rings. The van der Waals surface area contributed by atoms with Gasteiger partial charge in [0, 0.05) is 18.8 Å². The minimum atomic E-state index is -0.264. The minimum Gasteiger partial charge on any atom is -0.325 e. The Bertz CT molecular complexity index is 1130. The molecule has 3 heterocycles. The normalized spacial score (nSPS) is 10.8. The van der Waals surface area contributed by atoms with Crippen LogP contribution in [-0.2, 0) is 11.3 Å². The van der Waals surface area contributed by atoms with E-state index in [-0.39, 0.29) is 24.4 Å². The number of carbonyl (C=O) groups is 1. The van der Waals surface area contributed by atoms with E-state index in [0.29, 0.717) is 22.4 Å². The van der Waals surface area contributed by atoms with E-state index in [9.17, 15) is 9.59 Å². The molecule has 1 amide bonds. The van der Waals surface area contributed by atoms with Crippen LogP contribution in [-0.4, -0.2) is 35.4 Å². The molecule has 3 aromatic heterocycles. The van der Waals surface area contributed by atoms with Gasteiger partial charge in [0.2, 0.25) is 5.91 Å². The van der Waals surface area contributed by atoms with Gasteiger partial charge in [0.1, 0.15) is 17.7 Å². The number of aromatic nitrogens is 6. The van der Waals surface area contributed by atoms with Crippen molar-refractivity contribution in [1.82, 2.24) is 29.5 Å². The maximum atomic E-state index is 12.4. The minimum absolute atomic E-state index is 0.0935. The van der Waals surface area contributed by atoms with Gasteiger partial charge in [0.05, 0.1) is 23.8 Å². The molecule has 0 spiro atoms. The average Bonchev–Trinajstić information content (AvgIpc) is 3.23. The van der Waals surface area contributed by atoms with Gasteiger partial charge in [-0.05, 0) is 24.3 Å². The first-order valence-corrected chi connectivity index (χ1v) is 8.27. The van der Waals surface area contributed by atoms with E-state index < -0.39 is 0 Å². The second kappa shape index (κ2) is 7.16. The fourth-order valence-corrected chi connectivity index (χ4v) is 2.61. The Hall–Kier alpha value is -3.88. The lowest BCUT2D eigenvalue weighted by molar-refractivity contribution is -0.116. The Morgan fingerprint density at radius 3 is 2.81 bits per heavy atom. The number of aryl methyl sites for hydroxylation is 1. The molecular formula is C18H15N7O2. The Balaban J connectivity index is 1.40. The predicted molar refractivity (Wildman–Crippen MR) is 98.4 cm³/mol. The van der Waals surface area contributed by atoms with E-state index in [1.807, 2.05) is 0 Å². The summed E-state index contributed by atoms with van der Waals surface area (Å²) in [6.07, 6.45) is 6.74. The van der Waals surface area contributed by atoms with Crippen LogP contribution < -0.4 is 10.9 Å². The molecule has 0 aliphatic heterocycles. The van der Waals surface area contributed by atoms with Crippen molar-refractivity contribution < 1.29 is 4.79 Å². The van der Waals surface area contributed by atoms with Gasteiger partial charge in [-0.15, -0.1) is 5.10 Å². The maximum absolute atomic E-state index is 12.4. The topological polar surface area (TPSA) is 108 Å². The Labute approximate surface area is 153 Å². The van der Waals surface area contributed by atoms with Crippen molar-refractivity contribution in [2.45, 2.75) is 13.0 Å². The first-order chi connectivity index (χ1) is 13.2. The summed E-state index contributed by atoms with van der Waals surface area (Å²) in [5, 5.41) is 11.1. The summed E-state index contributed by atoms with van der Waals surface area (Å²) in [7, 11) is 0. The second-order valence-corrected chi connectivity index (χ2v) is 5.81. The fraction of sp³-hybridized carbons (Fsp3) is 0.111. The number of imidazole rings is 1. The van der Waals surface area contributed by atoms with E-state index in [1.54, 1.807) is 65.9 Å². The highest BCUT2D eigenvalue weighted by Crippen LogP contribution is 2.10. The number of carbonyl (C=O) groups excluding carboxylic acids is 1. The van der Waals surface area contributed by atoms with Crippen molar-refractivity contribution in [1.29, 1.82) is 0 Å². The number of hydrogen-bond donors (Lipinski definition) is 1. The molecule has 0 saturated heterocycles. The number of rotatable bonds is 5. The van der Waals surface area contributed by atoms with Gasteiger partial charge in [-0.25, -0.2) is 14.6 Å². The molecular weight excluding hydrogens is 346 g/mol. The molecule has 27 heavy (non-hydrogen) atoms. The molecule has 0 aliphatic carbocycles. The molecule has 9 nitrogen and oxygen atoms in total. The lowest BCUT2D eigenvalue weighted by atomic mass is 10.2. The lowest BCUT2D eigenvalue weighted by Gasteiger charge is -2.07. The number of benzene rings is 1. The van der Waals surface area contributed by atoms with E-state index in [1.165, 1.54) is 4.68 Å². The zero-order chi connectivity index (χ0) is 18.6. The molecule has 4 aromatic rings. The number of hydrogen-bond acceptors (Lipinski definition) is 6. The number of anilines is 1. The first-order valence-electron chi connectivity index (χ1n) is 8.27. The summed E-state index contributed by atoms with van der Waals surface area (Å²) in [5.74, 6) is 0.456. The molecule has 0 unspecified atom stereocenters. The highest BCUT2D eigenvalue weighted by molar-refractivity contribution is 5.90. The standard InChI is InChI=1S/C18H15N7O2/c26-17(21-13-5-6-16(20-11-13)24-10-8-19-12-24)7-9-25-18(27)14-3-1-2-4-15(14)22-23-25/h1-6,8,10-12H,7,9H2,(H,21,26). The van der Waals surface area contributed by atoms with E-state index in [2.05, 4.69) is 25.6 Å². The Morgan fingerprint density at radius 2 is 2.04 bits per heavy atom. The smallest absolute Gasteiger partial charge is 0.277 e. The van der Waals surface area contributed by atoms with Gasteiger partial charge >= 0.3 is 0 Å². The highest BCUT2D eigenvalue weighted by Gasteiger charge is 2.08. The van der Waals surface area contributed by atoms with Crippen molar-refractivity contribution in [3.63, 3.8) is 0 Å². The van der Waals surface area contributed by atoms with E-state index >= 15 is 0 Å². The summed E-state index contributed by atoms with van der Waals surface area (Å²) >= 11 is 0. The summed E-state index contributed by atoms with van der Waals surface area (Å²) in [4.78, 5) is 32.8. The molecule has 134 valence electrons. The summed E-state index contributed by atoms with van der Waals surface area (Å²) in [6.45, 7) is 0.142. The summed E-state index contributed by atoms with van der Waals surface area (Å²) in [5.41, 5.74) is 0.841. The number of nitrogens with zero attached hydrogens (tertiary/aromatic N) is 6. The quantitative estimate of drug-likeness (QED) is 0.576. The van der Waals surface area contributed by atoms with Crippen LogP contribution in [0.4, 0.5) is 5.69 Å². The fourth-order valence-electron chi connectivity index (χ4n) is 2.61. The van der Waals surface area contributed by atoms with Crippen LogP contribution in [0.5, 0.6) is 0 Å². The highest BCUT2D eigenvalue weighted by atomic mass is 16.2. The van der Waals surface area contributed by atoms with Gasteiger partial charge in [-0.2, -0.15) is 0 Å². The number of amides is 1. The SMILES string of the molecule is O=C(CCn1nnc2ccccc2c1=O)Nc1ccc(-n2ccnc2)nc1. The third-order valence-electron chi connectivity index (χ3n) is 3.98. The van der Waals surface area contributed by atoms with Crippen molar-refractivity contribution >= 4 is 22.5 Å². The monoisotopic (exact) mass is 361 g/mol. The zero-order valence-corrected chi connectivity index (χ0v) is 14.2. The van der Waals surface area contributed by atoms with Gasteiger partial charge in [0.25, 0.3) is 5.56 Å². The Morgan fingerprint density at radius 1 is 1.15 bits per heavy atom. The zero-order valence-electron chi connectivity index (χ0n) is 14.2. The summed E-state index contributed by atoms with van der Waals surface area (Å²) in [6, 6.07) is 10.5. The molecule has 0 bridgehead atoms. The largest absolute Gasteiger partial charge is 0.325 e. The maximum Gasteiger partial charge on any atom is 0.277 e. The van der Waals surface area contributed by atoms with Crippen molar-refractivity contribution in [2.24, 2.45) is 0 Å². The molecule has 4 rings (SSSR count). The molecule has 0 saturated carbocycles. The van der Waals surface area contributed by atoms with Crippen molar-refractivity contribution in [3.8, 4) is 5.82 Å². The summed E-state index contributed by atoms with van der Waals surface area (Å²) < 4.78 is 2.96. The lowest BCUT2D eigenvalue weighted by Crippen LogP contribution is -2.26. The van der Waals surface area contributed by atoms with Crippen LogP contribution in [0.3, 0.4) is 0 Å². The number of fused-ring (bicyclic) bond motifs is 1. The number of pyridine rings is 1. The number of nitrogens with one attached hydrogen (secondary N) is 1. The molecule has 9 heteroatoms. The predicted octanol–water partition coefficient (Wildman–Crippen LogP) is 1.40. The second-order valence-electron chi connectivity index (χ2n) is 5.81. The van der Waals surface area contributed by atoms with E-state index in [4.69, 9.17) is 0 Å². The van der Waals surface area contributed by atoms with Crippen LogP contribution in [0.1, 0.15) is 6.42 Å².